The van der Waals surface area contributed by atoms with Crippen molar-refractivity contribution in [1.82, 2.24) is 5.32 Å². The zero-order valence-corrected chi connectivity index (χ0v) is 14.5. The molecular formula is C16H21NS3. The smallest absolute Gasteiger partial charge is 0.0681 e. The van der Waals surface area contributed by atoms with Gasteiger partial charge in [0.1, 0.15) is 0 Å². The van der Waals surface area contributed by atoms with E-state index in [0.717, 1.165) is 6.54 Å². The molecule has 1 nitrogen and oxygen atoms in total. The lowest BCUT2D eigenvalue weighted by molar-refractivity contribution is 0.605. The van der Waals surface area contributed by atoms with Crippen molar-refractivity contribution in [3.63, 3.8) is 0 Å². The first-order valence-corrected chi connectivity index (χ1v) is 10.1. The number of thiophene rings is 2. The molecule has 1 unspecified atom stereocenters. The zero-order chi connectivity index (χ0) is 13.9. The van der Waals surface area contributed by atoms with Crippen molar-refractivity contribution >= 4 is 34.4 Å². The molecule has 0 spiro atoms. The summed E-state index contributed by atoms with van der Waals surface area (Å²) in [5.41, 5.74) is 3.05. The van der Waals surface area contributed by atoms with Gasteiger partial charge in [-0.25, -0.2) is 0 Å². The van der Waals surface area contributed by atoms with Crippen LogP contribution >= 0.6 is 34.4 Å². The van der Waals surface area contributed by atoms with E-state index in [2.05, 4.69) is 48.4 Å². The van der Waals surface area contributed by atoms with Gasteiger partial charge in [-0.05, 0) is 60.7 Å². The topological polar surface area (TPSA) is 12.0 Å². The van der Waals surface area contributed by atoms with E-state index in [-0.39, 0.29) is 0 Å². The maximum Gasteiger partial charge on any atom is 0.0681 e. The fourth-order valence-corrected chi connectivity index (χ4v) is 5.87. The first kappa shape index (κ1) is 14.6. The van der Waals surface area contributed by atoms with Crippen LogP contribution in [0.4, 0.5) is 0 Å². The fraction of sp³-hybridized carbons (Fsp3) is 0.500. The molecule has 0 bridgehead atoms. The summed E-state index contributed by atoms with van der Waals surface area (Å²) >= 11 is 5.96. The highest BCUT2D eigenvalue weighted by Crippen LogP contribution is 2.38. The van der Waals surface area contributed by atoms with E-state index < -0.39 is 0 Å². The highest BCUT2D eigenvalue weighted by Gasteiger charge is 2.21. The number of hydrogen-bond donors (Lipinski definition) is 1. The Labute approximate surface area is 133 Å². The Morgan fingerprint density at radius 2 is 2.30 bits per heavy atom. The van der Waals surface area contributed by atoms with Gasteiger partial charge in [0.2, 0.25) is 0 Å². The lowest BCUT2D eigenvalue weighted by Gasteiger charge is -2.17. The molecule has 2 aromatic rings. The molecule has 1 atom stereocenters. The summed E-state index contributed by atoms with van der Waals surface area (Å²) in [6.45, 7) is 5.56. The highest BCUT2D eigenvalue weighted by atomic mass is 32.2. The zero-order valence-electron chi connectivity index (χ0n) is 12.1. The minimum absolute atomic E-state index is 0.391. The van der Waals surface area contributed by atoms with Crippen LogP contribution in [0.2, 0.25) is 0 Å². The van der Waals surface area contributed by atoms with Crippen LogP contribution in [-0.2, 0) is 12.2 Å². The van der Waals surface area contributed by atoms with Crippen LogP contribution in [0.1, 0.15) is 45.1 Å². The van der Waals surface area contributed by atoms with E-state index in [4.69, 9.17) is 0 Å². The second-order valence-electron chi connectivity index (χ2n) is 5.22. The fourth-order valence-electron chi connectivity index (χ4n) is 2.66. The van der Waals surface area contributed by atoms with Crippen molar-refractivity contribution in [3.05, 3.63) is 43.3 Å². The van der Waals surface area contributed by atoms with Crippen LogP contribution in [0.25, 0.3) is 0 Å². The van der Waals surface area contributed by atoms with E-state index in [9.17, 15) is 0 Å². The SMILES string of the molecule is CCCNC(c1cc2c(s1)CCSC2)c1ccsc1C. The third-order valence-electron chi connectivity index (χ3n) is 3.74. The molecule has 1 aliphatic heterocycles. The first-order chi connectivity index (χ1) is 9.79. The van der Waals surface area contributed by atoms with Crippen LogP contribution in [0.5, 0.6) is 0 Å². The van der Waals surface area contributed by atoms with Gasteiger partial charge in [0, 0.05) is 20.4 Å². The maximum absolute atomic E-state index is 3.75. The minimum atomic E-state index is 0.391. The van der Waals surface area contributed by atoms with Crippen molar-refractivity contribution in [3.8, 4) is 0 Å². The lowest BCUT2D eigenvalue weighted by atomic mass is 10.1. The summed E-state index contributed by atoms with van der Waals surface area (Å²) in [7, 11) is 0. The molecule has 0 fully saturated rings. The Balaban J connectivity index is 1.92. The number of hydrogen-bond acceptors (Lipinski definition) is 4. The van der Waals surface area contributed by atoms with Crippen molar-refractivity contribution < 1.29 is 0 Å². The van der Waals surface area contributed by atoms with Crippen LogP contribution in [0.15, 0.2) is 17.5 Å². The van der Waals surface area contributed by atoms with Crippen LogP contribution in [-0.4, -0.2) is 12.3 Å². The molecule has 1 aliphatic rings. The van der Waals surface area contributed by atoms with Crippen molar-refractivity contribution in [2.24, 2.45) is 0 Å². The molecule has 3 heterocycles. The van der Waals surface area contributed by atoms with Gasteiger partial charge < -0.3 is 5.32 Å². The molecule has 0 saturated heterocycles. The van der Waals surface area contributed by atoms with E-state index >= 15 is 0 Å². The lowest BCUT2D eigenvalue weighted by Crippen LogP contribution is -2.22. The van der Waals surface area contributed by atoms with Crippen LogP contribution in [0.3, 0.4) is 0 Å². The van der Waals surface area contributed by atoms with Crippen molar-refractivity contribution in [2.45, 2.75) is 38.5 Å². The van der Waals surface area contributed by atoms with Gasteiger partial charge in [-0.2, -0.15) is 11.8 Å². The monoisotopic (exact) mass is 323 g/mol. The predicted molar refractivity (Wildman–Crippen MR) is 93.4 cm³/mol. The van der Waals surface area contributed by atoms with Crippen LogP contribution < -0.4 is 5.32 Å². The molecule has 0 amide bonds. The van der Waals surface area contributed by atoms with Gasteiger partial charge >= 0.3 is 0 Å². The van der Waals surface area contributed by atoms with Gasteiger partial charge in [-0.1, -0.05) is 6.92 Å². The van der Waals surface area contributed by atoms with Crippen molar-refractivity contribution in [1.29, 1.82) is 0 Å². The molecular weight excluding hydrogens is 302 g/mol. The van der Waals surface area contributed by atoms with E-state index in [1.165, 1.54) is 39.7 Å². The normalized spacial score (nSPS) is 16.1. The van der Waals surface area contributed by atoms with E-state index in [1.54, 1.807) is 10.4 Å². The molecule has 20 heavy (non-hydrogen) atoms. The van der Waals surface area contributed by atoms with Crippen molar-refractivity contribution in [2.75, 3.05) is 12.3 Å². The maximum atomic E-state index is 3.75. The average molecular weight is 324 g/mol. The average Bonchev–Trinajstić information content (AvgIpc) is 3.06. The molecule has 0 radical (unpaired) electrons. The number of aryl methyl sites for hydroxylation is 2. The second-order valence-corrected chi connectivity index (χ2v) is 8.61. The summed E-state index contributed by atoms with van der Waals surface area (Å²) in [6.07, 6.45) is 2.44. The Morgan fingerprint density at radius 3 is 3.00 bits per heavy atom. The number of rotatable bonds is 5. The summed E-state index contributed by atoms with van der Waals surface area (Å²) in [5, 5.41) is 5.97. The largest absolute Gasteiger partial charge is 0.306 e. The molecule has 3 rings (SSSR count). The molecule has 108 valence electrons. The van der Waals surface area contributed by atoms with E-state index in [1.807, 2.05) is 22.7 Å². The van der Waals surface area contributed by atoms with Gasteiger partial charge in [0.25, 0.3) is 0 Å². The summed E-state index contributed by atoms with van der Waals surface area (Å²) in [6, 6.07) is 5.14. The summed E-state index contributed by atoms with van der Waals surface area (Å²) in [4.78, 5) is 4.57. The second kappa shape index (κ2) is 6.65. The van der Waals surface area contributed by atoms with Gasteiger partial charge in [0.05, 0.1) is 6.04 Å². The third kappa shape index (κ3) is 2.98. The predicted octanol–water partition coefficient (Wildman–Crippen LogP) is 5.00. The quantitative estimate of drug-likeness (QED) is 0.831. The standard InChI is InChI=1S/C16H21NS3/c1-3-6-17-16(13-4-8-19-11(13)2)15-9-12-10-18-7-5-14(12)20-15/h4,8-9,16-17H,3,5-7,10H2,1-2H3. The first-order valence-electron chi connectivity index (χ1n) is 7.26. The molecule has 0 aromatic carbocycles. The Hall–Kier alpha value is -0.290. The van der Waals surface area contributed by atoms with Gasteiger partial charge in [0.15, 0.2) is 0 Å². The van der Waals surface area contributed by atoms with E-state index in [0.29, 0.717) is 6.04 Å². The number of nitrogens with one attached hydrogen (secondary N) is 1. The summed E-state index contributed by atoms with van der Waals surface area (Å²) in [5.74, 6) is 2.49. The molecule has 0 saturated carbocycles. The van der Waals surface area contributed by atoms with Crippen LogP contribution in [0, 0.1) is 6.92 Å². The Morgan fingerprint density at radius 1 is 1.40 bits per heavy atom. The molecule has 4 heteroatoms. The highest BCUT2D eigenvalue weighted by molar-refractivity contribution is 7.98. The minimum Gasteiger partial charge on any atom is -0.306 e. The Kier molecular flexibility index (Phi) is 4.87. The third-order valence-corrected chi connectivity index (χ3v) is 6.91. The Bertz CT molecular complexity index is 547. The van der Waals surface area contributed by atoms with Gasteiger partial charge in [-0.15, -0.1) is 22.7 Å². The summed E-state index contributed by atoms with van der Waals surface area (Å²) < 4.78 is 0. The van der Waals surface area contributed by atoms with Gasteiger partial charge in [-0.3, -0.25) is 0 Å². The molecule has 1 N–H and O–H groups in total. The molecule has 0 aliphatic carbocycles. The molecule has 2 aromatic heterocycles. The number of thioether (sulfide) groups is 1. The number of fused-ring (bicyclic) bond motifs is 1.